The van der Waals surface area contributed by atoms with E-state index in [1.165, 1.54) is 0 Å². The first-order valence-corrected chi connectivity index (χ1v) is 6.31. The zero-order valence-corrected chi connectivity index (χ0v) is 11.1. The summed E-state index contributed by atoms with van der Waals surface area (Å²) in [6.07, 6.45) is 2.18. The van der Waals surface area contributed by atoms with E-state index in [4.69, 9.17) is 14.2 Å². The van der Waals surface area contributed by atoms with E-state index in [0.29, 0.717) is 0 Å². The summed E-state index contributed by atoms with van der Waals surface area (Å²) in [5, 5.41) is 3.36. The van der Waals surface area contributed by atoms with E-state index in [0.717, 1.165) is 44.0 Å². The van der Waals surface area contributed by atoms with E-state index in [1.807, 2.05) is 24.3 Å². The first kappa shape index (κ1) is 13.2. The third kappa shape index (κ3) is 3.37. The van der Waals surface area contributed by atoms with Crippen LogP contribution in [0.4, 0.5) is 0 Å². The Kier molecular flexibility index (Phi) is 4.44. The van der Waals surface area contributed by atoms with Gasteiger partial charge in [0.25, 0.3) is 0 Å². The topological polar surface area (TPSA) is 39.7 Å². The summed E-state index contributed by atoms with van der Waals surface area (Å²) >= 11 is 0. The van der Waals surface area contributed by atoms with E-state index >= 15 is 0 Å². The SMILES string of the molecule is COCCNCC1(Oc2ccccc2OC)CC1. The van der Waals surface area contributed by atoms with Crippen LogP contribution in [0.1, 0.15) is 12.8 Å². The zero-order valence-electron chi connectivity index (χ0n) is 11.1. The van der Waals surface area contributed by atoms with Gasteiger partial charge in [0.15, 0.2) is 11.5 Å². The van der Waals surface area contributed by atoms with Crippen molar-refractivity contribution in [3.63, 3.8) is 0 Å². The van der Waals surface area contributed by atoms with Gasteiger partial charge in [-0.1, -0.05) is 12.1 Å². The van der Waals surface area contributed by atoms with Gasteiger partial charge >= 0.3 is 0 Å². The molecule has 0 unspecified atom stereocenters. The number of para-hydroxylation sites is 2. The summed E-state index contributed by atoms with van der Waals surface area (Å²) in [4.78, 5) is 0. The first-order chi connectivity index (χ1) is 8.79. The maximum absolute atomic E-state index is 6.09. The van der Waals surface area contributed by atoms with Crippen molar-refractivity contribution in [2.24, 2.45) is 0 Å². The van der Waals surface area contributed by atoms with Gasteiger partial charge in [0.1, 0.15) is 5.60 Å². The molecule has 1 saturated carbocycles. The van der Waals surface area contributed by atoms with E-state index in [2.05, 4.69) is 5.32 Å². The number of nitrogens with one attached hydrogen (secondary N) is 1. The highest BCUT2D eigenvalue weighted by Crippen LogP contribution is 2.42. The quantitative estimate of drug-likeness (QED) is 0.716. The van der Waals surface area contributed by atoms with Crippen molar-refractivity contribution in [2.75, 3.05) is 33.9 Å². The largest absolute Gasteiger partial charge is 0.493 e. The van der Waals surface area contributed by atoms with Crippen molar-refractivity contribution >= 4 is 0 Å². The third-order valence-electron chi connectivity index (χ3n) is 3.13. The Labute approximate surface area is 108 Å². The van der Waals surface area contributed by atoms with E-state index in [9.17, 15) is 0 Å². The summed E-state index contributed by atoms with van der Waals surface area (Å²) in [6.45, 7) is 2.44. The van der Waals surface area contributed by atoms with Crippen LogP contribution in [0.3, 0.4) is 0 Å². The molecule has 0 radical (unpaired) electrons. The second-order valence-electron chi connectivity index (χ2n) is 4.61. The smallest absolute Gasteiger partial charge is 0.162 e. The van der Waals surface area contributed by atoms with Gasteiger partial charge in [-0.05, 0) is 25.0 Å². The molecule has 1 aromatic carbocycles. The van der Waals surface area contributed by atoms with Crippen LogP contribution in [0.25, 0.3) is 0 Å². The average molecular weight is 251 g/mol. The van der Waals surface area contributed by atoms with Crippen LogP contribution < -0.4 is 14.8 Å². The maximum Gasteiger partial charge on any atom is 0.162 e. The Hall–Kier alpha value is -1.26. The van der Waals surface area contributed by atoms with E-state index in [1.54, 1.807) is 14.2 Å². The fourth-order valence-corrected chi connectivity index (χ4v) is 1.88. The van der Waals surface area contributed by atoms with Crippen LogP contribution >= 0.6 is 0 Å². The second-order valence-corrected chi connectivity index (χ2v) is 4.61. The number of rotatable bonds is 8. The van der Waals surface area contributed by atoms with Crippen molar-refractivity contribution < 1.29 is 14.2 Å². The van der Waals surface area contributed by atoms with Gasteiger partial charge < -0.3 is 19.5 Å². The lowest BCUT2D eigenvalue weighted by Crippen LogP contribution is -2.35. The summed E-state index contributed by atoms with van der Waals surface area (Å²) in [5.74, 6) is 1.62. The number of ether oxygens (including phenoxy) is 3. The van der Waals surface area contributed by atoms with Crippen LogP contribution in [0.2, 0.25) is 0 Å². The number of methoxy groups -OCH3 is 2. The molecule has 0 aromatic heterocycles. The van der Waals surface area contributed by atoms with Crippen molar-refractivity contribution in [3.8, 4) is 11.5 Å². The molecule has 1 aliphatic rings. The van der Waals surface area contributed by atoms with Crippen LogP contribution in [-0.2, 0) is 4.74 Å². The lowest BCUT2D eigenvalue weighted by molar-refractivity contribution is 0.157. The van der Waals surface area contributed by atoms with Gasteiger partial charge in [-0.15, -0.1) is 0 Å². The molecular formula is C14H21NO3. The molecule has 0 atom stereocenters. The second kappa shape index (κ2) is 6.07. The summed E-state index contributed by atoms with van der Waals surface area (Å²) in [6, 6.07) is 7.78. The van der Waals surface area contributed by atoms with Crippen molar-refractivity contribution in [1.82, 2.24) is 5.32 Å². The molecule has 1 aromatic rings. The van der Waals surface area contributed by atoms with E-state index in [-0.39, 0.29) is 5.60 Å². The summed E-state index contributed by atoms with van der Waals surface area (Å²) in [7, 11) is 3.37. The fourth-order valence-electron chi connectivity index (χ4n) is 1.88. The first-order valence-electron chi connectivity index (χ1n) is 6.31. The van der Waals surface area contributed by atoms with Gasteiger partial charge in [-0.3, -0.25) is 0 Å². The number of benzene rings is 1. The molecule has 2 rings (SSSR count). The average Bonchev–Trinajstić information content (AvgIpc) is 3.16. The predicted molar refractivity (Wildman–Crippen MR) is 70.3 cm³/mol. The van der Waals surface area contributed by atoms with Gasteiger partial charge in [-0.25, -0.2) is 0 Å². The van der Waals surface area contributed by atoms with Crippen molar-refractivity contribution in [1.29, 1.82) is 0 Å². The minimum Gasteiger partial charge on any atom is -0.493 e. The molecule has 0 saturated heterocycles. The molecule has 18 heavy (non-hydrogen) atoms. The molecule has 0 bridgehead atoms. The molecule has 0 spiro atoms. The zero-order chi connectivity index (χ0) is 12.8. The highest BCUT2D eigenvalue weighted by Gasteiger charge is 2.45. The van der Waals surface area contributed by atoms with Gasteiger partial charge in [-0.2, -0.15) is 0 Å². The Balaban J connectivity index is 1.88. The van der Waals surface area contributed by atoms with Crippen LogP contribution in [-0.4, -0.2) is 39.5 Å². The Morgan fingerprint density at radius 2 is 1.89 bits per heavy atom. The number of hydrogen-bond donors (Lipinski definition) is 1. The standard InChI is InChI=1S/C14H21NO3/c1-16-10-9-15-11-14(7-8-14)18-13-6-4-3-5-12(13)17-2/h3-6,15H,7-11H2,1-2H3. The molecule has 4 nitrogen and oxygen atoms in total. The number of hydrogen-bond acceptors (Lipinski definition) is 4. The fraction of sp³-hybridized carbons (Fsp3) is 0.571. The Bertz CT molecular complexity index is 377. The third-order valence-corrected chi connectivity index (χ3v) is 3.13. The highest BCUT2D eigenvalue weighted by molar-refractivity contribution is 5.40. The molecule has 1 fully saturated rings. The summed E-state index contributed by atoms with van der Waals surface area (Å²) < 4.78 is 16.4. The van der Waals surface area contributed by atoms with E-state index < -0.39 is 0 Å². The molecule has 4 heteroatoms. The summed E-state index contributed by atoms with van der Waals surface area (Å²) in [5.41, 5.74) is -0.0532. The molecular weight excluding hydrogens is 230 g/mol. The molecule has 0 amide bonds. The molecule has 100 valence electrons. The lowest BCUT2D eigenvalue weighted by Gasteiger charge is -2.20. The Morgan fingerprint density at radius 1 is 1.17 bits per heavy atom. The van der Waals surface area contributed by atoms with Crippen LogP contribution in [0.5, 0.6) is 11.5 Å². The minimum atomic E-state index is -0.0532. The normalized spacial score (nSPS) is 16.3. The minimum absolute atomic E-state index is 0.0532. The molecule has 1 N–H and O–H groups in total. The van der Waals surface area contributed by atoms with Gasteiger partial charge in [0, 0.05) is 20.2 Å². The highest BCUT2D eigenvalue weighted by atomic mass is 16.5. The Morgan fingerprint density at radius 3 is 2.50 bits per heavy atom. The predicted octanol–water partition coefficient (Wildman–Crippen LogP) is 1.84. The van der Waals surface area contributed by atoms with Crippen LogP contribution in [0, 0.1) is 0 Å². The lowest BCUT2D eigenvalue weighted by atomic mass is 10.3. The monoisotopic (exact) mass is 251 g/mol. The maximum atomic E-state index is 6.09. The van der Waals surface area contributed by atoms with Gasteiger partial charge in [0.05, 0.1) is 13.7 Å². The van der Waals surface area contributed by atoms with Gasteiger partial charge in [0.2, 0.25) is 0 Å². The molecule has 0 heterocycles. The van der Waals surface area contributed by atoms with Crippen molar-refractivity contribution in [3.05, 3.63) is 24.3 Å². The molecule has 0 aliphatic heterocycles. The molecule has 1 aliphatic carbocycles. The van der Waals surface area contributed by atoms with Crippen LogP contribution in [0.15, 0.2) is 24.3 Å². The van der Waals surface area contributed by atoms with Crippen molar-refractivity contribution in [2.45, 2.75) is 18.4 Å².